The van der Waals surface area contributed by atoms with Crippen LogP contribution >= 0.6 is 0 Å². The van der Waals surface area contributed by atoms with Crippen molar-refractivity contribution in [3.63, 3.8) is 0 Å². The van der Waals surface area contributed by atoms with Crippen molar-refractivity contribution >= 4 is 5.91 Å². The summed E-state index contributed by atoms with van der Waals surface area (Å²) in [6.07, 6.45) is 63.2. The summed E-state index contributed by atoms with van der Waals surface area (Å²) in [5.41, 5.74) is 0. The highest BCUT2D eigenvalue weighted by Gasteiger charge is 2.44. The minimum absolute atomic E-state index is 0.169. The van der Waals surface area contributed by atoms with E-state index in [4.69, 9.17) is 9.47 Å². The van der Waals surface area contributed by atoms with Crippen molar-refractivity contribution < 1.29 is 39.8 Å². The second-order valence-corrected chi connectivity index (χ2v) is 23.3. The van der Waals surface area contributed by atoms with E-state index in [1.54, 1.807) is 6.08 Å². The first-order chi connectivity index (χ1) is 36.3. The zero-order valence-corrected chi connectivity index (χ0v) is 49.1. The molecule has 0 bridgehead atoms. The Kier molecular flexibility index (Phi) is 53.0. The molecule has 0 aliphatic carbocycles. The van der Waals surface area contributed by atoms with Gasteiger partial charge in [-0.25, -0.2) is 0 Å². The molecule has 74 heavy (non-hydrogen) atoms. The van der Waals surface area contributed by atoms with Gasteiger partial charge in [-0.15, -0.1) is 0 Å². The summed E-state index contributed by atoms with van der Waals surface area (Å²) in [6, 6.07) is -0.800. The van der Waals surface area contributed by atoms with Gasteiger partial charge in [0.15, 0.2) is 6.29 Å². The second kappa shape index (κ2) is 55.3. The van der Waals surface area contributed by atoms with Crippen LogP contribution in [-0.4, -0.2) is 87.5 Å². The molecule has 6 N–H and O–H groups in total. The van der Waals surface area contributed by atoms with Crippen molar-refractivity contribution in [1.82, 2.24) is 5.32 Å². The van der Waals surface area contributed by atoms with Gasteiger partial charge in [0.25, 0.3) is 0 Å². The summed E-state index contributed by atoms with van der Waals surface area (Å²) in [6.45, 7) is 3.83. The number of hydrogen-bond acceptors (Lipinski definition) is 8. The zero-order valence-electron chi connectivity index (χ0n) is 49.1. The molecule has 0 aromatic carbocycles. The molecule has 7 unspecified atom stereocenters. The third kappa shape index (κ3) is 43.9. The van der Waals surface area contributed by atoms with Crippen molar-refractivity contribution in [3.05, 3.63) is 12.2 Å². The van der Waals surface area contributed by atoms with Crippen molar-refractivity contribution in [1.29, 1.82) is 0 Å². The Bertz CT molecular complexity index is 1170. The van der Waals surface area contributed by atoms with Crippen molar-refractivity contribution in [2.75, 3.05) is 13.2 Å². The van der Waals surface area contributed by atoms with E-state index in [-0.39, 0.29) is 12.5 Å². The molecule has 0 saturated carbocycles. The number of nitrogens with one attached hydrogen (secondary N) is 1. The SMILES string of the molecule is CCCCCCCCCCCCCCCC/C=C/C(O)C(COC1OC(CO)C(O)C(O)C1O)NC(=O)CCCCCCCCCCCCCCCCCCCCCCCCCCCCCCCCCCCCC. The third-order valence-electron chi connectivity index (χ3n) is 16.1. The maximum atomic E-state index is 13.1. The van der Waals surface area contributed by atoms with E-state index in [0.717, 1.165) is 38.5 Å². The van der Waals surface area contributed by atoms with Gasteiger partial charge >= 0.3 is 0 Å². The Hall–Kier alpha value is -1.07. The van der Waals surface area contributed by atoms with E-state index in [2.05, 4.69) is 19.2 Å². The Morgan fingerprint density at radius 1 is 0.446 bits per heavy atom. The van der Waals surface area contributed by atoms with Gasteiger partial charge in [-0.2, -0.15) is 0 Å². The molecule has 0 radical (unpaired) electrons. The maximum absolute atomic E-state index is 13.1. The van der Waals surface area contributed by atoms with Crippen LogP contribution in [-0.2, 0) is 14.3 Å². The van der Waals surface area contributed by atoms with E-state index in [9.17, 15) is 30.3 Å². The highest BCUT2D eigenvalue weighted by Crippen LogP contribution is 2.23. The molecule has 1 heterocycles. The molecule has 1 rings (SSSR count). The molecule has 0 aromatic heterocycles. The Labute approximate surface area is 458 Å². The first-order valence-electron chi connectivity index (χ1n) is 32.9. The summed E-state index contributed by atoms with van der Waals surface area (Å²) in [5.74, 6) is -0.169. The monoisotopic (exact) mass is 1050 g/mol. The predicted molar refractivity (Wildman–Crippen MR) is 314 cm³/mol. The molecule has 1 amide bonds. The molecular formula is C65H127NO8. The lowest BCUT2D eigenvalue weighted by atomic mass is 9.99. The predicted octanol–water partition coefficient (Wildman–Crippen LogP) is 17.1. The number of allylic oxidation sites excluding steroid dienone is 1. The number of hydrogen-bond donors (Lipinski definition) is 6. The number of carbonyl (C=O) groups excluding carboxylic acids is 1. The summed E-state index contributed by atoms with van der Waals surface area (Å²) >= 11 is 0. The van der Waals surface area contributed by atoms with E-state index >= 15 is 0 Å². The number of rotatable bonds is 58. The van der Waals surface area contributed by atoms with Crippen LogP contribution in [0.5, 0.6) is 0 Å². The van der Waals surface area contributed by atoms with Gasteiger partial charge < -0.3 is 40.3 Å². The number of amides is 1. The third-order valence-corrected chi connectivity index (χ3v) is 16.1. The van der Waals surface area contributed by atoms with Crippen LogP contribution in [0.25, 0.3) is 0 Å². The molecule has 1 aliphatic heterocycles. The summed E-state index contributed by atoms with van der Waals surface area (Å²) in [7, 11) is 0. The van der Waals surface area contributed by atoms with Crippen molar-refractivity contribution in [2.24, 2.45) is 0 Å². The average Bonchev–Trinajstić information content (AvgIpc) is 3.40. The van der Waals surface area contributed by atoms with Crippen LogP contribution < -0.4 is 5.32 Å². The zero-order chi connectivity index (χ0) is 53.6. The molecule has 1 fully saturated rings. The lowest BCUT2D eigenvalue weighted by Gasteiger charge is -2.40. The molecule has 9 nitrogen and oxygen atoms in total. The second-order valence-electron chi connectivity index (χ2n) is 23.3. The summed E-state index contributed by atoms with van der Waals surface area (Å²) in [5, 5.41) is 54.6. The molecule has 0 aromatic rings. The first kappa shape index (κ1) is 70.9. The number of unbranched alkanes of at least 4 members (excludes halogenated alkanes) is 48. The van der Waals surface area contributed by atoms with Crippen LogP contribution in [0, 0.1) is 0 Å². The first-order valence-corrected chi connectivity index (χ1v) is 32.9. The van der Waals surface area contributed by atoms with Gasteiger partial charge in [-0.3, -0.25) is 4.79 Å². The van der Waals surface area contributed by atoms with Gasteiger partial charge in [-0.05, 0) is 19.3 Å². The number of aliphatic hydroxyl groups is 5. The fourth-order valence-corrected chi connectivity index (χ4v) is 10.9. The van der Waals surface area contributed by atoms with Gasteiger partial charge in [0.05, 0.1) is 25.4 Å². The smallest absolute Gasteiger partial charge is 0.220 e. The van der Waals surface area contributed by atoms with Crippen LogP contribution in [0.15, 0.2) is 12.2 Å². The highest BCUT2D eigenvalue weighted by molar-refractivity contribution is 5.76. The van der Waals surface area contributed by atoms with E-state index in [1.807, 2.05) is 6.08 Å². The fourth-order valence-electron chi connectivity index (χ4n) is 10.9. The molecule has 9 heteroatoms. The van der Waals surface area contributed by atoms with Gasteiger partial charge in [0.2, 0.25) is 5.91 Å². The largest absolute Gasteiger partial charge is 0.394 e. The standard InChI is InChI=1S/C65H127NO8/c1-3-5-7-9-11-13-15-17-19-21-22-23-24-25-26-27-28-29-30-31-32-33-34-35-36-37-38-39-41-43-45-47-49-51-53-55-61(69)66-58(57-73-65-64(72)63(71)62(70)60(56-67)74-65)59(68)54-52-50-48-46-44-42-40-20-18-16-14-12-10-8-6-4-2/h52,54,58-60,62-65,67-68,70-72H,3-51,53,55-57H2,1-2H3,(H,66,69)/b54-52+. The highest BCUT2D eigenvalue weighted by atomic mass is 16.7. The quantitative estimate of drug-likeness (QED) is 0.0261. The van der Waals surface area contributed by atoms with Crippen LogP contribution in [0.4, 0.5) is 0 Å². The van der Waals surface area contributed by atoms with Crippen LogP contribution in [0.3, 0.4) is 0 Å². The molecular weight excluding hydrogens is 923 g/mol. The Morgan fingerprint density at radius 3 is 1.05 bits per heavy atom. The molecule has 1 saturated heterocycles. The lowest BCUT2D eigenvalue weighted by molar-refractivity contribution is -0.302. The topological polar surface area (TPSA) is 149 Å². The molecule has 440 valence electrons. The van der Waals surface area contributed by atoms with E-state index in [0.29, 0.717) is 6.42 Å². The molecule has 7 atom stereocenters. The van der Waals surface area contributed by atoms with Crippen LogP contribution in [0.2, 0.25) is 0 Å². The molecule has 0 spiro atoms. The maximum Gasteiger partial charge on any atom is 0.220 e. The normalized spacial score (nSPS) is 18.9. The minimum atomic E-state index is -1.56. The van der Waals surface area contributed by atoms with Crippen LogP contribution in [0.1, 0.15) is 341 Å². The van der Waals surface area contributed by atoms with E-state index < -0.39 is 49.5 Å². The van der Waals surface area contributed by atoms with Gasteiger partial charge in [0, 0.05) is 6.42 Å². The van der Waals surface area contributed by atoms with E-state index in [1.165, 1.54) is 283 Å². The molecule has 1 aliphatic rings. The fraction of sp³-hybridized carbons (Fsp3) is 0.954. The van der Waals surface area contributed by atoms with Crippen molar-refractivity contribution in [3.8, 4) is 0 Å². The Balaban J connectivity index is 2.06. The van der Waals surface area contributed by atoms with Gasteiger partial charge in [0.1, 0.15) is 24.4 Å². The minimum Gasteiger partial charge on any atom is -0.394 e. The summed E-state index contributed by atoms with van der Waals surface area (Å²) in [4.78, 5) is 13.1. The van der Waals surface area contributed by atoms with Gasteiger partial charge in [-0.1, -0.05) is 328 Å². The number of aliphatic hydroxyl groups excluding tert-OH is 5. The average molecular weight is 1050 g/mol. The number of carbonyl (C=O) groups is 1. The Morgan fingerprint density at radius 2 is 0.743 bits per heavy atom. The lowest BCUT2D eigenvalue weighted by Crippen LogP contribution is -2.60. The number of ether oxygens (including phenoxy) is 2. The van der Waals surface area contributed by atoms with Crippen molar-refractivity contribution in [2.45, 2.75) is 384 Å². The summed E-state index contributed by atoms with van der Waals surface area (Å²) < 4.78 is 11.3.